The summed E-state index contributed by atoms with van der Waals surface area (Å²) in [4.78, 5) is 26.9. The van der Waals surface area contributed by atoms with Gasteiger partial charge in [0, 0.05) is 24.6 Å². The smallest absolute Gasteiger partial charge is 0.408 e. The molecule has 2 amide bonds. The van der Waals surface area contributed by atoms with Crippen molar-refractivity contribution < 1.29 is 28.6 Å². The van der Waals surface area contributed by atoms with E-state index < -0.39 is 47.5 Å². The maximum Gasteiger partial charge on any atom is 0.408 e. The lowest BCUT2D eigenvalue weighted by Crippen LogP contribution is -2.55. The zero-order valence-corrected chi connectivity index (χ0v) is 17.1. The molecule has 9 heteroatoms. The van der Waals surface area contributed by atoms with Gasteiger partial charge in [-0.15, -0.1) is 0 Å². The van der Waals surface area contributed by atoms with Crippen LogP contribution in [0.15, 0.2) is 12.1 Å². The highest BCUT2D eigenvalue weighted by Gasteiger charge is 2.37. The van der Waals surface area contributed by atoms with E-state index in [9.17, 15) is 28.6 Å². The third-order valence-electron chi connectivity index (χ3n) is 4.52. The molecule has 158 valence electrons. The van der Waals surface area contributed by atoms with Crippen molar-refractivity contribution >= 4 is 17.7 Å². The number of hydrogen-bond acceptors (Lipinski definition) is 4. The van der Waals surface area contributed by atoms with Crippen molar-refractivity contribution in [3.63, 3.8) is 0 Å². The van der Waals surface area contributed by atoms with Gasteiger partial charge in [-0.05, 0) is 59.5 Å². The number of hydrogen-bond donors (Lipinski definition) is 3. The van der Waals surface area contributed by atoms with Crippen LogP contribution in [0.3, 0.4) is 0 Å². The Morgan fingerprint density at radius 1 is 1.18 bits per heavy atom. The first kappa shape index (κ1) is 23.8. The Hall–Kier alpha value is -2.26. The van der Waals surface area contributed by atoms with Crippen molar-refractivity contribution in [2.45, 2.75) is 51.7 Å². The Morgan fingerprint density at radius 3 is 2.04 bits per heavy atom. The van der Waals surface area contributed by atoms with Crippen LogP contribution in [0.2, 0.25) is 0 Å². The predicted octanol–water partition coefficient (Wildman–Crippen LogP) is 3.06. The molecule has 2 atom stereocenters. The highest BCUT2D eigenvalue weighted by atomic mass is 19.1. The van der Waals surface area contributed by atoms with Crippen LogP contribution in [0.5, 0.6) is 0 Å². The topological polar surface area (TPSA) is 93.1 Å². The van der Waals surface area contributed by atoms with E-state index >= 15 is 0 Å². The minimum atomic E-state index is -1.38. The first-order valence-corrected chi connectivity index (χ1v) is 8.90. The van der Waals surface area contributed by atoms with E-state index in [4.69, 9.17) is 0 Å². The summed E-state index contributed by atoms with van der Waals surface area (Å²) in [6.45, 7) is 6.05. The molecule has 0 spiro atoms. The second-order valence-electron chi connectivity index (χ2n) is 7.84. The van der Waals surface area contributed by atoms with E-state index in [1.165, 1.54) is 0 Å². The summed E-state index contributed by atoms with van der Waals surface area (Å²) in [5, 5.41) is 20.9. The van der Waals surface area contributed by atoms with Gasteiger partial charge in [0.15, 0.2) is 0 Å². The van der Waals surface area contributed by atoms with Crippen molar-refractivity contribution in [2.24, 2.45) is 0 Å². The van der Waals surface area contributed by atoms with Gasteiger partial charge in [-0.3, -0.25) is 9.69 Å². The van der Waals surface area contributed by atoms with Crippen LogP contribution >= 0.6 is 0 Å². The van der Waals surface area contributed by atoms with Crippen LogP contribution in [0.25, 0.3) is 0 Å². The highest BCUT2D eigenvalue weighted by molar-refractivity contribution is 5.96. The monoisotopic (exact) mass is 401 g/mol. The lowest BCUT2D eigenvalue weighted by atomic mass is 10.0. The molecule has 0 aromatic heterocycles. The molecule has 0 bridgehead atoms. The first-order valence-electron chi connectivity index (χ1n) is 8.90. The summed E-state index contributed by atoms with van der Waals surface area (Å²) in [6, 6.07) is 0.688. The molecule has 0 aliphatic heterocycles. The zero-order chi connectivity index (χ0) is 21.8. The molecule has 0 saturated carbocycles. The normalized spacial score (nSPS) is 13.9. The maximum atomic E-state index is 14.5. The third-order valence-corrected chi connectivity index (χ3v) is 4.52. The molecule has 1 aromatic rings. The average Bonchev–Trinajstić information content (AvgIpc) is 2.54. The van der Waals surface area contributed by atoms with Gasteiger partial charge in [0.05, 0.1) is 0 Å². The number of nitrogens with one attached hydrogen (secondary N) is 1. The van der Waals surface area contributed by atoms with Gasteiger partial charge in [-0.2, -0.15) is 0 Å². The summed E-state index contributed by atoms with van der Waals surface area (Å²) in [5.74, 6) is -2.84. The minimum Gasteiger partial charge on any atom is -0.465 e. The summed E-state index contributed by atoms with van der Waals surface area (Å²) in [7, 11) is 3.53. The molecule has 3 N–H and O–H groups in total. The Bertz CT molecular complexity index is 697. The number of carbonyl (C=O) groups excluding carboxylic acids is 1. The lowest BCUT2D eigenvalue weighted by molar-refractivity contribution is -0.123. The molecule has 1 aromatic carbocycles. The van der Waals surface area contributed by atoms with Crippen LogP contribution < -0.4 is 5.32 Å². The number of benzene rings is 1. The standard InChI is InChI=1S/C19H29F2N3O4/c1-11(23(5)6)12-9-13(20)16(14(21)10-12)22-17(26)15(7-8-25)24(18(27)28)19(2,3)4/h9-11,15,25H,7-8H2,1-6H3,(H,22,26)(H,27,28)/t11?,15-/m0/s1. The van der Waals surface area contributed by atoms with E-state index in [2.05, 4.69) is 5.32 Å². The summed E-state index contributed by atoms with van der Waals surface area (Å²) in [6.07, 6.45) is -1.59. The average molecular weight is 401 g/mol. The van der Waals surface area contributed by atoms with Gasteiger partial charge >= 0.3 is 6.09 Å². The number of aliphatic hydroxyl groups excluding tert-OH is 1. The lowest BCUT2D eigenvalue weighted by Gasteiger charge is -2.38. The summed E-state index contributed by atoms with van der Waals surface area (Å²) >= 11 is 0. The van der Waals surface area contributed by atoms with E-state index in [0.29, 0.717) is 5.56 Å². The van der Waals surface area contributed by atoms with Crippen LogP contribution in [0.4, 0.5) is 19.3 Å². The quantitative estimate of drug-likeness (QED) is 0.653. The molecule has 0 heterocycles. The molecule has 0 saturated heterocycles. The maximum absolute atomic E-state index is 14.5. The number of anilines is 1. The number of halogens is 2. The van der Waals surface area contributed by atoms with Crippen molar-refractivity contribution in [1.82, 2.24) is 9.80 Å². The fraction of sp³-hybridized carbons (Fsp3) is 0.579. The van der Waals surface area contributed by atoms with Gasteiger partial charge < -0.3 is 20.4 Å². The van der Waals surface area contributed by atoms with E-state index in [-0.39, 0.29) is 12.5 Å². The predicted molar refractivity (Wildman–Crippen MR) is 102 cm³/mol. The fourth-order valence-electron chi connectivity index (χ4n) is 2.85. The summed E-state index contributed by atoms with van der Waals surface area (Å²) < 4.78 is 29.0. The number of nitrogens with zero attached hydrogens (tertiary/aromatic N) is 2. The minimum absolute atomic E-state index is 0.214. The molecule has 7 nitrogen and oxygen atoms in total. The van der Waals surface area contributed by atoms with Gasteiger partial charge in [0.25, 0.3) is 0 Å². The van der Waals surface area contributed by atoms with Gasteiger partial charge in [0.1, 0.15) is 23.4 Å². The van der Waals surface area contributed by atoms with Crippen LogP contribution in [-0.4, -0.2) is 64.3 Å². The molecule has 1 unspecified atom stereocenters. The molecular weight excluding hydrogens is 372 g/mol. The largest absolute Gasteiger partial charge is 0.465 e. The van der Waals surface area contributed by atoms with Crippen molar-refractivity contribution in [3.05, 3.63) is 29.3 Å². The Kier molecular flexibility index (Phi) is 7.89. The van der Waals surface area contributed by atoms with Crippen LogP contribution in [0, 0.1) is 11.6 Å². The second-order valence-corrected chi connectivity index (χ2v) is 7.84. The number of aliphatic hydroxyl groups is 1. The number of rotatable bonds is 7. The molecule has 1 rings (SSSR count). The molecule has 28 heavy (non-hydrogen) atoms. The van der Waals surface area contributed by atoms with Crippen molar-refractivity contribution in [2.75, 3.05) is 26.0 Å². The van der Waals surface area contributed by atoms with Crippen LogP contribution in [-0.2, 0) is 4.79 Å². The number of amides is 2. The molecule has 0 aliphatic carbocycles. The Morgan fingerprint density at radius 2 is 1.68 bits per heavy atom. The second kappa shape index (κ2) is 9.29. The molecule has 0 aliphatic rings. The third kappa shape index (κ3) is 5.62. The van der Waals surface area contributed by atoms with Gasteiger partial charge in [-0.25, -0.2) is 13.6 Å². The number of carboxylic acid groups (broad SMARTS) is 1. The number of carbonyl (C=O) groups is 2. The van der Waals surface area contributed by atoms with Crippen molar-refractivity contribution in [3.8, 4) is 0 Å². The van der Waals surface area contributed by atoms with Crippen molar-refractivity contribution in [1.29, 1.82) is 0 Å². The summed E-state index contributed by atoms with van der Waals surface area (Å²) in [5.41, 5.74) is -1.22. The van der Waals surface area contributed by atoms with Crippen LogP contribution in [0.1, 0.15) is 45.7 Å². The molecule has 0 fully saturated rings. The fourth-order valence-corrected chi connectivity index (χ4v) is 2.85. The van der Waals surface area contributed by atoms with Gasteiger partial charge in [0.2, 0.25) is 5.91 Å². The van der Waals surface area contributed by atoms with Gasteiger partial charge in [-0.1, -0.05) is 0 Å². The molecule has 0 radical (unpaired) electrons. The Labute approximate surface area is 163 Å². The zero-order valence-electron chi connectivity index (χ0n) is 17.1. The highest BCUT2D eigenvalue weighted by Crippen LogP contribution is 2.27. The first-order chi connectivity index (χ1) is 12.8. The SMILES string of the molecule is CC(c1cc(F)c(NC(=O)[C@H](CCO)N(C(=O)O)C(C)(C)C)c(F)c1)N(C)C. The molecular formula is C19H29F2N3O4. The van der Waals surface area contributed by atoms with E-state index in [1.54, 1.807) is 46.7 Å². The van der Waals surface area contributed by atoms with E-state index in [1.807, 2.05) is 0 Å². The van der Waals surface area contributed by atoms with E-state index in [0.717, 1.165) is 17.0 Å². The Balaban J connectivity index is 3.23.